The third kappa shape index (κ3) is 3.44. The van der Waals surface area contributed by atoms with Crippen molar-refractivity contribution >= 4 is 12.4 Å². The first-order valence-electron chi connectivity index (χ1n) is 6.10. The summed E-state index contributed by atoms with van der Waals surface area (Å²) in [5.41, 5.74) is 3.73. The van der Waals surface area contributed by atoms with Crippen LogP contribution in [0.2, 0.25) is 0 Å². The van der Waals surface area contributed by atoms with E-state index in [9.17, 15) is 0 Å². The Bertz CT molecular complexity index is 331. The van der Waals surface area contributed by atoms with E-state index in [1.807, 2.05) is 0 Å². The van der Waals surface area contributed by atoms with Gasteiger partial charge in [-0.2, -0.15) is 5.10 Å². The third-order valence-electron chi connectivity index (χ3n) is 3.58. The van der Waals surface area contributed by atoms with E-state index in [1.165, 1.54) is 30.6 Å². The van der Waals surface area contributed by atoms with Crippen molar-refractivity contribution in [3.8, 4) is 0 Å². The van der Waals surface area contributed by atoms with E-state index in [4.69, 9.17) is 0 Å². The number of aromatic amines is 1. The van der Waals surface area contributed by atoms with Crippen LogP contribution in [0.15, 0.2) is 0 Å². The van der Waals surface area contributed by atoms with Gasteiger partial charge in [0.05, 0.1) is 5.69 Å². The molecule has 0 aromatic carbocycles. The first-order valence-corrected chi connectivity index (χ1v) is 6.10. The number of nitrogens with zero attached hydrogens (tertiary/aromatic N) is 2. The molecule has 1 saturated heterocycles. The number of hydrogen-bond donors (Lipinski definition) is 2. The molecular formula is C12H23ClN4. The fourth-order valence-electron chi connectivity index (χ4n) is 2.47. The molecule has 1 unspecified atom stereocenters. The van der Waals surface area contributed by atoms with Gasteiger partial charge in [0, 0.05) is 30.4 Å². The molecule has 2 rings (SSSR count). The molecule has 0 bridgehead atoms. The zero-order valence-corrected chi connectivity index (χ0v) is 11.7. The van der Waals surface area contributed by atoms with Gasteiger partial charge in [0.2, 0.25) is 0 Å². The average molecular weight is 259 g/mol. The van der Waals surface area contributed by atoms with Gasteiger partial charge in [-0.25, -0.2) is 0 Å². The molecule has 5 heteroatoms. The summed E-state index contributed by atoms with van der Waals surface area (Å²) < 4.78 is 0. The topological polar surface area (TPSA) is 44.0 Å². The number of rotatable bonds is 3. The van der Waals surface area contributed by atoms with Crippen molar-refractivity contribution in [1.29, 1.82) is 0 Å². The number of likely N-dealkylation sites (N-methyl/N-ethyl adjacent to an activating group) is 1. The van der Waals surface area contributed by atoms with Crippen LogP contribution in [0.25, 0.3) is 0 Å². The average Bonchev–Trinajstić information content (AvgIpc) is 2.61. The van der Waals surface area contributed by atoms with Crippen molar-refractivity contribution in [3.63, 3.8) is 0 Å². The summed E-state index contributed by atoms with van der Waals surface area (Å²) in [4.78, 5) is 2.52. The summed E-state index contributed by atoms with van der Waals surface area (Å²) in [6.07, 6.45) is 2.60. The number of nitrogens with one attached hydrogen (secondary N) is 2. The number of aromatic nitrogens is 2. The van der Waals surface area contributed by atoms with Crippen LogP contribution in [-0.4, -0.2) is 41.3 Å². The fraction of sp³-hybridized carbons (Fsp3) is 0.750. The first kappa shape index (κ1) is 14.5. The monoisotopic (exact) mass is 258 g/mol. The van der Waals surface area contributed by atoms with E-state index >= 15 is 0 Å². The van der Waals surface area contributed by atoms with E-state index in [-0.39, 0.29) is 12.4 Å². The lowest BCUT2D eigenvalue weighted by Gasteiger charge is -2.32. The van der Waals surface area contributed by atoms with E-state index in [0.29, 0.717) is 6.04 Å². The Balaban J connectivity index is 0.00000144. The van der Waals surface area contributed by atoms with Crippen LogP contribution in [0.4, 0.5) is 0 Å². The maximum Gasteiger partial charge on any atom is 0.0639 e. The van der Waals surface area contributed by atoms with Crippen LogP contribution in [0, 0.1) is 13.8 Å². The van der Waals surface area contributed by atoms with Gasteiger partial charge >= 0.3 is 0 Å². The van der Waals surface area contributed by atoms with Crippen molar-refractivity contribution < 1.29 is 0 Å². The highest BCUT2D eigenvalue weighted by Crippen LogP contribution is 2.16. The summed E-state index contributed by atoms with van der Waals surface area (Å²) in [5.74, 6) is 0. The van der Waals surface area contributed by atoms with E-state index in [0.717, 1.165) is 18.8 Å². The number of likely N-dealkylation sites (tertiary alicyclic amines) is 1. The molecule has 1 atom stereocenters. The van der Waals surface area contributed by atoms with Gasteiger partial charge in [-0.05, 0) is 40.3 Å². The van der Waals surface area contributed by atoms with Crippen LogP contribution in [-0.2, 0) is 6.54 Å². The molecule has 1 aromatic heterocycles. The smallest absolute Gasteiger partial charge is 0.0639 e. The van der Waals surface area contributed by atoms with Crippen LogP contribution >= 0.6 is 12.4 Å². The van der Waals surface area contributed by atoms with E-state index in [2.05, 4.69) is 41.3 Å². The lowest BCUT2D eigenvalue weighted by Crippen LogP contribution is -2.44. The van der Waals surface area contributed by atoms with Gasteiger partial charge in [0.15, 0.2) is 0 Å². The fourth-order valence-corrected chi connectivity index (χ4v) is 2.47. The Hall–Kier alpha value is -0.580. The molecule has 98 valence electrons. The molecule has 0 radical (unpaired) electrons. The Morgan fingerprint density at radius 3 is 2.82 bits per heavy atom. The number of halogens is 1. The lowest BCUT2D eigenvalue weighted by atomic mass is 10.0. The van der Waals surface area contributed by atoms with Gasteiger partial charge in [0.1, 0.15) is 0 Å². The Morgan fingerprint density at radius 2 is 2.24 bits per heavy atom. The quantitative estimate of drug-likeness (QED) is 0.866. The summed E-state index contributed by atoms with van der Waals surface area (Å²) in [7, 11) is 2.06. The molecule has 0 aliphatic carbocycles. The minimum Gasteiger partial charge on any atom is -0.316 e. The molecule has 2 N–H and O–H groups in total. The Labute approximate surface area is 110 Å². The van der Waals surface area contributed by atoms with Crippen molar-refractivity contribution in [2.24, 2.45) is 0 Å². The normalized spacial score (nSPS) is 21.2. The molecule has 1 aliphatic heterocycles. The zero-order chi connectivity index (χ0) is 11.5. The van der Waals surface area contributed by atoms with Gasteiger partial charge in [-0.1, -0.05) is 0 Å². The first-order chi connectivity index (χ1) is 7.70. The summed E-state index contributed by atoms with van der Waals surface area (Å²) >= 11 is 0. The standard InChI is InChI=1S/C12H22N4.ClH/c1-9-12(10(2)15-14-9)8-16-6-4-5-11(7-16)13-3;/h11,13H,4-8H2,1-3H3,(H,14,15);1H. The molecule has 0 spiro atoms. The van der Waals surface area contributed by atoms with Crippen molar-refractivity contribution in [1.82, 2.24) is 20.4 Å². The van der Waals surface area contributed by atoms with Crippen LogP contribution < -0.4 is 5.32 Å². The summed E-state index contributed by atoms with van der Waals surface area (Å²) in [6, 6.07) is 0.654. The van der Waals surface area contributed by atoms with Crippen LogP contribution in [0.1, 0.15) is 29.8 Å². The molecule has 1 aliphatic rings. The second kappa shape index (κ2) is 6.38. The minimum absolute atomic E-state index is 0. The Morgan fingerprint density at radius 1 is 1.47 bits per heavy atom. The molecular weight excluding hydrogens is 236 g/mol. The van der Waals surface area contributed by atoms with Crippen molar-refractivity contribution in [2.75, 3.05) is 20.1 Å². The zero-order valence-electron chi connectivity index (χ0n) is 10.9. The number of hydrogen-bond acceptors (Lipinski definition) is 3. The molecule has 17 heavy (non-hydrogen) atoms. The molecule has 1 aromatic rings. The van der Waals surface area contributed by atoms with Gasteiger partial charge in [-0.3, -0.25) is 10.00 Å². The third-order valence-corrected chi connectivity index (χ3v) is 3.58. The molecule has 0 amide bonds. The number of piperidine rings is 1. The molecule has 1 fully saturated rings. The highest BCUT2D eigenvalue weighted by molar-refractivity contribution is 5.85. The highest BCUT2D eigenvalue weighted by Gasteiger charge is 2.20. The van der Waals surface area contributed by atoms with E-state index in [1.54, 1.807) is 0 Å². The second-order valence-corrected chi connectivity index (χ2v) is 4.78. The summed E-state index contributed by atoms with van der Waals surface area (Å²) in [6.45, 7) is 7.59. The number of aryl methyl sites for hydroxylation is 2. The molecule has 2 heterocycles. The largest absolute Gasteiger partial charge is 0.316 e. The van der Waals surface area contributed by atoms with Crippen molar-refractivity contribution in [3.05, 3.63) is 17.0 Å². The predicted molar refractivity (Wildman–Crippen MR) is 72.7 cm³/mol. The number of H-pyrrole nitrogens is 1. The minimum atomic E-state index is 0. The predicted octanol–water partition coefficient (Wildman–Crippen LogP) is 1.63. The van der Waals surface area contributed by atoms with Crippen LogP contribution in [0.5, 0.6) is 0 Å². The van der Waals surface area contributed by atoms with Crippen LogP contribution in [0.3, 0.4) is 0 Å². The lowest BCUT2D eigenvalue weighted by molar-refractivity contribution is 0.187. The molecule has 4 nitrogen and oxygen atoms in total. The Kier molecular flexibility index (Phi) is 5.43. The van der Waals surface area contributed by atoms with Gasteiger partial charge in [-0.15, -0.1) is 12.4 Å². The van der Waals surface area contributed by atoms with Gasteiger partial charge in [0.25, 0.3) is 0 Å². The maximum absolute atomic E-state index is 4.25. The van der Waals surface area contributed by atoms with Gasteiger partial charge < -0.3 is 5.32 Å². The SMILES string of the molecule is CNC1CCCN(Cc2c(C)n[nH]c2C)C1.Cl. The maximum atomic E-state index is 4.25. The second-order valence-electron chi connectivity index (χ2n) is 4.78. The highest BCUT2D eigenvalue weighted by atomic mass is 35.5. The molecule has 0 saturated carbocycles. The van der Waals surface area contributed by atoms with Crippen molar-refractivity contribution in [2.45, 2.75) is 39.3 Å². The van der Waals surface area contributed by atoms with E-state index < -0.39 is 0 Å². The summed E-state index contributed by atoms with van der Waals surface area (Å²) in [5, 5.41) is 10.7.